The molecule has 31 heavy (non-hydrogen) atoms. The number of carbonyl (C=O) groups excluding carboxylic acids is 3. The zero-order valence-electron chi connectivity index (χ0n) is 18.0. The molecule has 1 fully saturated rings. The van der Waals surface area contributed by atoms with E-state index in [9.17, 15) is 14.4 Å². The number of benzene rings is 2. The van der Waals surface area contributed by atoms with Crippen LogP contribution in [-0.2, 0) is 25.7 Å². The van der Waals surface area contributed by atoms with Gasteiger partial charge in [0.15, 0.2) is 0 Å². The summed E-state index contributed by atoms with van der Waals surface area (Å²) in [5.74, 6) is -0.736. The number of carbonyl (C=O) groups is 3. The second-order valence-electron chi connectivity index (χ2n) is 7.83. The van der Waals surface area contributed by atoms with Gasteiger partial charge in [-0.15, -0.1) is 0 Å². The number of nitrogens with zero attached hydrogens (tertiary/aromatic N) is 2. The van der Waals surface area contributed by atoms with Gasteiger partial charge < -0.3 is 15.0 Å². The maximum atomic E-state index is 12.8. The molecule has 2 aromatic rings. The van der Waals surface area contributed by atoms with Crippen molar-refractivity contribution in [2.45, 2.75) is 26.3 Å². The van der Waals surface area contributed by atoms with E-state index in [4.69, 9.17) is 4.74 Å². The Morgan fingerprint density at radius 3 is 2.61 bits per heavy atom. The predicted octanol–water partition coefficient (Wildman–Crippen LogP) is 3.06. The van der Waals surface area contributed by atoms with Crippen molar-refractivity contribution < 1.29 is 19.1 Å². The van der Waals surface area contributed by atoms with Crippen LogP contribution in [0.4, 0.5) is 11.4 Å². The first kappa shape index (κ1) is 22.5. The van der Waals surface area contributed by atoms with Crippen LogP contribution in [-0.4, -0.2) is 49.4 Å². The fourth-order valence-electron chi connectivity index (χ4n) is 3.77. The van der Waals surface area contributed by atoms with Crippen molar-refractivity contribution in [3.8, 4) is 0 Å². The molecule has 164 valence electrons. The van der Waals surface area contributed by atoms with Crippen molar-refractivity contribution in [2.24, 2.45) is 5.92 Å². The second-order valence-corrected chi connectivity index (χ2v) is 7.83. The van der Waals surface area contributed by atoms with Crippen molar-refractivity contribution in [2.75, 3.05) is 37.0 Å². The van der Waals surface area contributed by atoms with Crippen molar-refractivity contribution in [3.63, 3.8) is 0 Å². The maximum Gasteiger partial charge on any atom is 0.309 e. The van der Waals surface area contributed by atoms with Crippen molar-refractivity contribution in [1.82, 2.24) is 4.90 Å². The molecule has 2 amide bonds. The van der Waals surface area contributed by atoms with Crippen molar-refractivity contribution in [1.29, 1.82) is 0 Å². The number of hydrogen-bond acceptors (Lipinski definition) is 5. The van der Waals surface area contributed by atoms with E-state index < -0.39 is 0 Å². The fraction of sp³-hybridized carbons (Fsp3) is 0.375. The third-order valence-corrected chi connectivity index (χ3v) is 5.27. The van der Waals surface area contributed by atoms with Gasteiger partial charge in [-0.1, -0.05) is 43.3 Å². The first-order chi connectivity index (χ1) is 15.0. The zero-order chi connectivity index (χ0) is 22.2. The van der Waals surface area contributed by atoms with Gasteiger partial charge in [0, 0.05) is 37.4 Å². The summed E-state index contributed by atoms with van der Waals surface area (Å²) in [4.78, 5) is 40.3. The Balaban J connectivity index is 1.66. The van der Waals surface area contributed by atoms with E-state index in [1.807, 2.05) is 53.4 Å². The molecule has 0 radical (unpaired) electrons. The van der Waals surface area contributed by atoms with Gasteiger partial charge in [-0.2, -0.15) is 0 Å². The molecule has 1 N–H and O–H groups in total. The Bertz CT molecular complexity index is 916. The summed E-state index contributed by atoms with van der Waals surface area (Å²) in [5, 5.41) is 2.92. The standard InChI is InChI=1S/C24H29N3O4/c1-18(24(30)31-2)15-26(16-19-8-4-3-5-9-19)17-22(28)25-20-10-6-11-21(14-20)27-13-7-12-23(27)29/h3-6,8-11,14,18H,7,12-13,15-17H2,1-2H3,(H,25,28). The van der Waals surface area contributed by atoms with E-state index in [0.29, 0.717) is 31.7 Å². The van der Waals surface area contributed by atoms with Crippen molar-refractivity contribution >= 4 is 29.2 Å². The lowest BCUT2D eigenvalue weighted by Crippen LogP contribution is -2.37. The van der Waals surface area contributed by atoms with Gasteiger partial charge in [0.05, 0.1) is 19.6 Å². The van der Waals surface area contributed by atoms with Gasteiger partial charge in [-0.05, 0) is 30.2 Å². The average Bonchev–Trinajstić information content (AvgIpc) is 3.19. The van der Waals surface area contributed by atoms with Gasteiger partial charge in [-0.25, -0.2) is 0 Å². The van der Waals surface area contributed by atoms with Crippen molar-refractivity contribution in [3.05, 3.63) is 60.2 Å². The van der Waals surface area contributed by atoms with Crippen LogP contribution < -0.4 is 10.2 Å². The molecule has 7 nitrogen and oxygen atoms in total. The fourth-order valence-corrected chi connectivity index (χ4v) is 3.77. The molecule has 1 saturated heterocycles. The molecule has 0 aromatic heterocycles. The number of anilines is 2. The molecular weight excluding hydrogens is 394 g/mol. The minimum atomic E-state index is -0.356. The van der Waals surface area contributed by atoms with Crippen LogP contribution in [0.2, 0.25) is 0 Å². The molecule has 7 heteroatoms. The normalized spacial score (nSPS) is 14.5. The molecule has 0 saturated carbocycles. The van der Waals surface area contributed by atoms with E-state index >= 15 is 0 Å². The average molecular weight is 424 g/mol. The van der Waals surface area contributed by atoms with Crippen LogP contribution in [0.1, 0.15) is 25.3 Å². The van der Waals surface area contributed by atoms with E-state index in [1.165, 1.54) is 7.11 Å². The van der Waals surface area contributed by atoms with Crippen LogP contribution >= 0.6 is 0 Å². The highest BCUT2D eigenvalue weighted by atomic mass is 16.5. The molecule has 1 aliphatic heterocycles. The number of rotatable bonds is 9. The number of amides is 2. The Labute approximate surface area is 183 Å². The molecule has 2 aromatic carbocycles. The van der Waals surface area contributed by atoms with E-state index in [2.05, 4.69) is 5.32 Å². The summed E-state index contributed by atoms with van der Waals surface area (Å²) in [5.41, 5.74) is 2.49. The summed E-state index contributed by atoms with van der Waals surface area (Å²) in [7, 11) is 1.37. The number of ether oxygens (including phenoxy) is 1. The first-order valence-electron chi connectivity index (χ1n) is 10.5. The third kappa shape index (κ3) is 6.39. The lowest BCUT2D eigenvalue weighted by atomic mass is 10.1. The summed E-state index contributed by atoms with van der Waals surface area (Å²) in [6.45, 7) is 3.56. The largest absolute Gasteiger partial charge is 0.469 e. The van der Waals surface area contributed by atoms with Gasteiger partial charge in [0.1, 0.15) is 0 Å². The third-order valence-electron chi connectivity index (χ3n) is 5.27. The number of nitrogens with one attached hydrogen (secondary N) is 1. The summed E-state index contributed by atoms with van der Waals surface area (Å²) < 4.78 is 4.84. The predicted molar refractivity (Wildman–Crippen MR) is 120 cm³/mol. The Kier molecular flexibility index (Phi) is 7.78. The van der Waals surface area contributed by atoms with Gasteiger partial charge in [0.25, 0.3) is 0 Å². The van der Waals surface area contributed by atoms with E-state index in [0.717, 1.165) is 17.7 Å². The van der Waals surface area contributed by atoms with Crippen LogP contribution in [0.5, 0.6) is 0 Å². The van der Waals surface area contributed by atoms with Crippen LogP contribution in [0.3, 0.4) is 0 Å². The van der Waals surface area contributed by atoms with Crippen LogP contribution in [0, 0.1) is 5.92 Å². The van der Waals surface area contributed by atoms with Gasteiger partial charge in [-0.3, -0.25) is 19.3 Å². The highest BCUT2D eigenvalue weighted by Crippen LogP contribution is 2.24. The highest BCUT2D eigenvalue weighted by Gasteiger charge is 2.23. The summed E-state index contributed by atoms with van der Waals surface area (Å²) in [6, 6.07) is 17.1. The van der Waals surface area contributed by atoms with Gasteiger partial charge in [0.2, 0.25) is 11.8 Å². The molecule has 0 bridgehead atoms. The second kappa shape index (κ2) is 10.7. The molecule has 3 rings (SSSR count). The van der Waals surface area contributed by atoms with E-state index in [1.54, 1.807) is 17.9 Å². The Morgan fingerprint density at radius 2 is 1.94 bits per heavy atom. The SMILES string of the molecule is COC(=O)C(C)CN(CC(=O)Nc1cccc(N2CCCC2=O)c1)Cc1ccccc1. The topological polar surface area (TPSA) is 79.0 Å². The molecule has 1 atom stereocenters. The lowest BCUT2D eigenvalue weighted by Gasteiger charge is -2.24. The smallest absolute Gasteiger partial charge is 0.309 e. The first-order valence-corrected chi connectivity index (χ1v) is 10.5. The molecular formula is C24H29N3O4. The molecule has 0 spiro atoms. The minimum Gasteiger partial charge on any atom is -0.469 e. The Hall–Kier alpha value is -3.19. The quantitative estimate of drug-likeness (QED) is 0.627. The zero-order valence-corrected chi connectivity index (χ0v) is 18.0. The molecule has 1 heterocycles. The molecule has 1 aliphatic rings. The summed E-state index contributed by atoms with van der Waals surface area (Å²) >= 11 is 0. The minimum absolute atomic E-state index is 0.106. The summed E-state index contributed by atoms with van der Waals surface area (Å²) in [6.07, 6.45) is 1.41. The molecule has 1 unspecified atom stereocenters. The van der Waals surface area contributed by atoms with Crippen LogP contribution in [0.25, 0.3) is 0 Å². The maximum absolute atomic E-state index is 12.8. The number of esters is 1. The van der Waals surface area contributed by atoms with Gasteiger partial charge >= 0.3 is 5.97 Å². The highest BCUT2D eigenvalue weighted by molar-refractivity contribution is 5.97. The monoisotopic (exact) mass is 423 g/mol. The van der Waals surface area contributed by atoms with E-state index in [-0.39, 0.29) is 30.2 Å². The number of hydrogen-bond donors (Lipinski definition) is 1. The molecule has 0 aliphatic carbocycles. The number of methoxy groups -OCH3 is 1. The Morgan fingerprint density at radius 1 is 1.16 bits per heavy atom. The lowest BCUT2D eigenvalue weighted by molar-refractivity contribution is -0.145. The van der Waals surface area contributed by atoms with Crippen LogP contribution in [0.15, 0.2) is 54.6 Å².